The molecule has 0 saturated carbocycles. The molecule has 0 bridgehead atoms. The van der Waals surface area contributed by atoms with Crippen LogP contribution in [0.15, 0.2) is 0 Å². The minimum absolute atomic E-state index is 0. The monoisotopic (exact) mass is 113 g/mol. The first-order valence-corrected chi connectivity index (χ1v) is 1.89. The van der Waals surface area contributed by atoms with Gasteiger partial charge in [-0.1, -0.05) is 0 Å². The van der Waals surface area contributed by atoms with Crippen molar-refractivity contribution in [2.24, 2.45) is 0 Å². The average molecular weight is 113 g/mol. The molecule has 0 fully saturated rings. The van der Waals surface area contributed by atoms with Gasteiger partial charge in [0.15, 0.2) is 0 Å². The predicted octanol–water partition coefficient (Wildman–Crippen LogP) is -1.72. The summed E-state index contributed by atoms with van der Waals surface area (Å²) in [6.45, 7) is 5.31. The van der Waals surface area contributed by atoms with Gasteiger partial charge in [-0.05, 0) is 20.8 Å². The van der Waals surface area contributed by atoms with Gasteiger partial charge >= 0.3 is 29.6 Å². The Labute approximate surface area is 66.1 Å². The topological polar surface area (TPSA) is 29.5 Å². The average Bonchev–Trinajstić information content (AvgIpc) is 1.35. The summed E-state index contributed by atoms with van der Waals surface area (Å²) < 4.78 is 0. The fourth-order valence-corrected chi connectivity index (χ4v) is 0. The number of hydrogen-bond donors (Lipinski definition) is 1. The minimum atomic E-state index is -0.403. The van der Waals surface area contributed by atoms with Gasteiger partial charge < -0.3 is 0 Å². The van der Waals surface area contributed by atoms with Crippen LogP contribution in [0.5, 0.6) is 0 Å². The Morgan fingerprint density at radius 2 is 1.43 bits per heavy atom. The van der Waals surface area contributed by atoms with Crippen LogP contribution >= 0.6 is 0 Å². The zero-order valence-corrected chi connectivity index (χ0v) is 7.36. The van der Waals surface area contributed by atoms with Gasteiger partial charge in [0.2, 0.25) is 0 Å². The van der Waals surface area contributed by atoms with Crippen molar-refractivity contribution >= 4 is 0 Å². The van der Waals surface area contributed by atoms with Crippen molar-refractivity contribution in [3.63, 3.8) is 0 Å². The van der Waals surface area contributed by atoms with E-state index in [2.05, 4.69) is 4.89 Å². The van der Waals surface area contributed by atoms with Crippen LogP contribution in [0.2, 0.25) is 0 Å². The molecular weight excluding hydrogens is 103 g/mol. The first kappa shape index (κ1) is 10.8. The third kappa shape index (κ3) is 10.9. The zero-order valence-electron chi connectivity index (χ0n) is 5.36. The van der Waals surface area contributed by atoms with E-state index in [0.717, 1.165) is 0 Å². The molecule has 0 aliphatic rings. The normalized spacial score (nSPS) is 10.3. The smallest absolute Gasteiger partial charge is 0.251 e. The van der Waals surface area contributed by atoms with Crippen LogP contribution < -0.4 is 29.6 Å². The molecule has 1 N–H and O–H groups in total. The zero-order chi connectivity index (χ0) is 5.21. The molecule has 0 saturated heterocycles. The fourth-order valence-electron chi connectivity index (χ4n) is 0. The predicted molar refractivity (Wildman–Crippen MR) is 23.5 cm³/mol. The second-order valence-electron chi connectivity index (χ2n) is 2.20. The van der Waals surface area contributed by atoms with E-state index in [1.807, 2.05) is 0 Å². The van der Waals surface area contributed by atoms with Crippen molar-refractivity contribution in [1.82, 2.24) is 0 Å². The van der Waals surface area contributed by atoms with Crippen molar-refractivity contribution in [3.05, 3.63) is 0 Å². The van der Waals surface area contributed by atoms with E-state index in [1.54, 1.807) is 20.8 Å². The number of rotatable bonds is 0. The molecule has 0 aliphatic heterocycles. The summed E-state index contributed by atoms with van der Waals surface area (Å²) in [4.78, 5) is 3.94. The van der Waals surface area contributed by atoms with Crippen LogP contribution in [0.1, 0.15) is 20.8 Å². The van der Waals surface area contributed by atoms with Crippen molar-refractivity contribution in [2.45, 2.75) is 26.4 Å². The first-order chi connectivity index (χ1) is 2.56. The van der Waals surface area contributed by atoms with Crippen LogP contribution in [0, 0.1) is 0 Å². The summed E-state index contributed by atoms with van der Waals surface area (Å²) in [5.41, 5.74) is -0.403. The minimum Gasteiger partial charge on any atom is -0.251 e. The second kappa shape index (κ2) is 3.87. The van der Waals surface area contributed by atoms with Crippen LogP contribution in [-0.4, -0.2) is 10.9 Å². The maximum absolute atomic E-state index is 7.90. The summed E-state index contributed by atoms with van der Waals surface area (Å²) in [7, 11) is 0. The maximum Gasteiger partial charge on any atom is 1.00 e. The molecule has 0 radical (unpaired) electrons. The Hall–Kier alpha value is 0.920. The molecule has 0 amide bonds. The van der Waals surface area contributed by atoms with Gasteiger partial charge in [0.25, 0.3) is 0 Å². The van der Waals surface area contributed by atoms with E-state index >= 15 is 0 Å². The molecule has 3 heteroatoms. The molecule has 0 heterocycles. The summed E-state index contributed by atoms with van der Waals surface area (Å²) >= 11 is 0. The third-order valence-electron chi connectivity index (χ3n) is 0.274. The van der Waals surface area contributed by atoms with Crippen molar-refractivity contribution in [1.29, 1.82) is 0 Å². The standard InChI is InChI=1S/C4H10O2.Na/c1-4(2,3)6-5;/h5H,1-3H3;/q;+1. The quantitative estimate of drug-likeness (QED) is 0.230. The van der Waals surface area contributed by atoms with Crippen molar-refractivity contribution in [3.8, 4) is 0 Å². The summed E-state index contributed by atoms with van der Waals surface area (Å²) in [6, 6.07) is 0. The summed E-state index contributed by atoms with van der Waals surface area (Å²) in [5, 5.41) is 7.90. The van der Waals surface area contributed by atoms with E-state index in [1.165, 1.54) is 0 Å². The van der Waals surface area contributed by atoms with Gasteiger partial charge in [-0.2, -0.15) is 0 Å². The van der Waals surface area contributed by atoms with Gasteiger partial charge in [0, 0.05) is 0 Å². The molecule has 0 rings (SSSR count). The summed E-state index contributed by atoms with van der Waals surface area (Å²) in [5.74, 6) is 0. The SMILES string of the molecule is CC(C)(C)OO.[Na+]. The van der Waals surface area contributed by atoms with E-state index in [4.69, 9.17) is 5.26 Å². The number of hydrogen-bond acceptors (Lipinski definition) is 2. The van der Waals surface area contributed by atoms with E-state index in [9.17, 15) is 0 Å². The molecule has 2 nitrogen and oxygen atoms in total. The Balaban J connectivity index is 0. The van der Waals surface area contributed by atoms with Crippen LogP contribution in [0.4, 0.5) is 0 Å². The molecule has 7 heavy (non-hydrogen) atoms. The first-order valence-electron chi connectivity index (χ1n) is 1.89. The van der Waals surface area contributed by atoms with Crippen molar-refractivity contribution in [2.75, 3.05) is 0 Å². The second-order valence-corrected chi connectivity index (χ2v) is 2.20. The van der Waals surface area contributed by atoms with Crippen LogP contribution in [-0.2, 0) is 4.89 Å². The Morgan fingerprint density at radius 1 is 1.29 bits per heavy atom. The van der Waals surface area contributed by atoms with Gasteiger partial charge in [-0.15, -0.1) is 0 Å². The van der Waals surface area contributed by atoms with Gasteiger partial charge in [-0.3, -0.25) is 5.26 Å². The van der Waals surface area contributed by atoms with E-state index in [0.29, 0.717) is 0 Å². The molecule has 0 spiro atoms. The van der Waals surface area contributed by atoms with E-state index in [-0.39, 0.29) is 29.6 Å². The third-order valence-corrected chi connectivity index (χ3v) is 0.274. The van der Waals surface area contributed by atoms with Gasteiger partial charge in [0.05, 0.1) is 5.60 Å². The fraction of sp³-hybridized carbons (Fsp3) is 1.00. The Kier molecular flexibility index (Phi) is 5.98. The molecule has 0 unspecified atom stereocenters. The summed E-state index contributed by atoms with van der Waals surface area (Å²) in [6.07, 6.45) is 0. The van der Waals surface area contributed by atoms with Gasteiger partial charge in [-0.25, -0.2) is 4.89 Å². The van der Waals surface area contributed by atoms with Crippen LogP contribution in [0.25, 0.3) is 0 Å². The largest absolute Gasteiger partial charge is 1.00 e. The van der Waals surface area contributed by atoms with E-state index < -0.39 is 5.60 Å². The maximum atomic E-state index is 7.90. The molecular formula is C4H10NaO2+. The Morgan fingerprint density at radius 3 is 1.43 bits per heavy atom. The molecule has 0 aromatic carbocycles. The van der Waals surface area contributed by atoms with Gasteiger partial charge in [0.1, 0.15) is 0 Å². The molecule has 38 valence electrons. The van der Waals surface area contributed by atoms with Crippen LogP contribution in [0.3, 0.4) is 0 Å². The Bertz CT molecular complexity index is 39.4. The molecule has 0 aliphatic carbocycles. The molecule has 0 aromatic heterocycles. The van der Waals surface area contributed by atoms with Crippen molar-refractivity contribution < 1.29 is 39.7 Å². The molecule has 0 aromatic rings. The molecule has 0 atom stereocenters.